The molecule has 0 saturated carbocycles. The fourth-order valence-electron chi connectivity index (χ4n) is 0.226. The lowest BCUT2D eigenvalue weighted by Gasteiger charge is -2.30. The Balaban J connectivity index is 4.40. The molecule has 10 heavy (non-hydrogen) atoms. The van der Waals surface area contributed by atoms with Crippen molar-refractivity contribution in [3.8, 4) is 0 Å². The zero-order valence-corrected chi connectivity index (χ0v) is 11.0. The number of halogens is 6. The van der Waals surface area contributed by atoms with E-state index in [-0.39, 0.29) is 4.83 Å². The summed E-state index contributed by atoms with van der Waals surface area (Å²) in [4.78, 5) is -0.144. The van der Waals surface area contributed by atoms with Gasteiger partial charge in [0.25, 0.3) is 0 Å². The molecule has 0 aliphatic rings. The van der Waals surface area contributed by atoms with Crippen LogP contribution in [0.4, 0.5) is 0 Å². The van der Waals surface area contributed by atoms with Crippen LogP contribution in [-0.2, 0) is 0 Å². The Morgan fingerprint density at radius 2 is 1.50 bits per heavy atom. The van der Waals surface area contributed by atoms with Crippen LogP contribution in [0.1, 0.15) is 6.92 Å². The average Bonchev–Trinajstić information content (AvgIpc) is 1.62. The van der Waals surface area contributed by atoms with Crippen LogP contribution < -0.4 is 0 Å². The molecule has 0 radical (unpaired) electrons. The molecule has 6 heteroatoms. The maximum absolute atomic E-state index is 5.82. The van der Waals surface area contributed by atoms with Crippen LogP contribution in [0.2, 0.25) is 0 Å². The maximum atomic E-state index is 5.82. The molecule has 62 valence electrons. The molecule has 0 N–H and O–H groups in total. The molecule has 0 bridgehead atoms. The third-order valence-electron chi connectivity index (χ3n) is 0.878. The topological polar surface area (TPSA) is 0 Å². The lowest BCUT2D eigenvalue weighted by Crippen LogP contribution is -2.37. The van der Waals surface area contributed by atoms with Crippen LogP contribution in [0.5, 0.6) is 0 Å². The van der Waals surface area contributed by atoms with E-state index < -0.39 is 7.58 Å². The fourth-order valence-corrected chi connectivity index (χ4v) is 1.46. The van der Waals surface area contributed by atoms with Gasteiger partial charge in [-0.2, -0.15) is 0 Å². The molecular weight excluding hydrogens is 350 g/mol. The summed E-state index contributed by atoms with van der Waals surface area (Å²) < 4.78 is -2.60. The lowest BCUT2D eigenvalue weighted by molar-refractivity contribution is 0.818. The number of rotatable bonds is 1. The fraction of sp³-hybridized carbons (Fsp3) is 1.00. The maximum Gasteiger partial charge on any atom is 0.220 e. The second-order valence-corrected chi connectivity index (χ2v) is 7.70. The first-order valence-corrected chi connectivity index (χ1v) is 5.50. The zero-order chi connectivity index (χ0) is 8.58. The zero-order valence-electron chi connectivity index (χ0n) is 4.85. The van der Waals surface area contributed by atoms with Gasteiger partial charge in [-0.3, -0.25) is 0 Å². The second kappa shape index (κ2) is 3.89. The predicted octanol–water partition coefficient (Wildman–Crippen LogP) is 4.47. The highest BCUT2D eigenvalue weighted by molar-refractivity contribution is 9.13. The Hall–Kier alpha value is 2.12. The summed E-state index contributed by atoms with van der Waals surface area (Å²) in [6.45, 7) is 1.78. The van der Waals surface area contributed by atoms with Crippen molar-refractivity contribution in [2.24, 2.45) is 0 Å². The van der Waals surface area contributed by atoms with Gasteiger partial charge in [-0.1, -0.05) is 66.7 Å². The Bertz CT molecular complexity index is 117. The first-order valence-electron chi connectivity index (χ1n) is 2.28. The third-order valence-corrected chi connectivity index (χ3v) is 6.20. The van der Waals surface area contributed by atoms with Gasteiger partial charge in [-0.25, -0.2) is 0 Å². The average molecular weight is 354 g/mol. The minimum Gasteiger partial charge on any atom is -0.101 e. The van der Waals surface area contributed by atoms with E-state index >= 15 is 0 Å². The quantitative estimate of drug-likeness (QED) is 0.610. The molecule has 0 aromatic rings. The minimum atomic E-state index is -1.53. The highest BCUT2D eigenvalue weighted by atomic mass is 79.9. The molecule has 0 aliphatic carbocycles. The molecule has 0 spiro atoms. The van der Waals surface area contributed by atoms with Crippen molar-refractivity contribution in [1.82, 2.24) is 0 Å². The second-order valence-electron chi connectivity index (χ2n) is 1.74. The van der Waals surface area contributed by atoms with Crippen LogP contribution in [0.25, 0.3) is 0 Å². The van der Waals surface area contributed by atoms with Crippen LogP contribution in [0.3, 0.4) is 0 Å². The number of alkyl halides is 6. The van der Waals surface area contributed by atoms with Gasteiger partial charge in [-0.05, 0) is 6.92 Å². The Kier molecular flexibility index (Phi) is 4.71. The predicted molar refractivity (Wildman–Crippen MR) is 56.2 cm³/mol. The molecular formula is C4H4Br2Cl4. The molecule has 2 unspecified atom stereocenters. The largest absolute Gasteiger partial charge is 0.220 e. The third kappa shape index (κ3) is 2.87. The summed E-state index contributed by atoms with van der Waals surface area (Å²) >= 11 is 28.7. The minimum absolute atomic E-state index is 0.144. The highest BCUT2D eigenvalue weighted by Gasteiger charge is 2.48. The van der Waals surface area contributed by atoms with E-state index in [4.69, 9.17) is 46.4 Å². The summed E-state index contributed by atoms with van der Waals surface area (Å²) in [7, 11) is 0. The number of hydrogen-bond donors (Lipinski definition) is 0. The van der Waals surface area contributed by atoms with Gasteiger partial charge >= 0.3 is 0 Å². The van der Waals surface area contributed by atoms with Crippen molar-refractivity contribution in [3.63, 3.8) is 0 Å². The van der Waals surface area contributed by atoms with Crippen molar-refractivity contribution in [3.05, 3.63) is 0 Å². The van der Waals surface area contributed by atoms with Crippen molar-refractivity contribution in [1.29, 1.82) is 0 Å². The van der Waals surface area contributed by atoms with Crippen molar-refractivity contribution in [2.45, 2.75) is 19.3 Å². The molecule has 0 rings (SSSR count). The first kappa shape index (κ1) is 12.1. The molecule has 0 heterocycles. The summed E-state index contributed by atoms with van der Waals surface area (Å²) in [6.07, 6.45) is 0. The lowest BCUT2D eigenvalue weighted by atomic mass is 10.4. The molecule has 0 fully saturated rings. The molecule has 0 aromatic carbocycles. The smallest absolute Gasteiger partial charge is 0.101 e. The SMILES string of the molecule is CC(Br)C(Cl)(Br)C(Cl)(Cl)Cl. The van der Waals surface area contributed by atoms with E-state index in [2.05, 4.69) is 31.9 Å². The van der Waals surface area contributed by atoms with Crippen LogP contribution in [0, 0.1) is 0 Å². The van der Waals surface area contributed by atoms with Gasteiger partial charge in [0.1, 0.15) is 0 Å². The first-order chi connectivity index (χ1) is 4.19. The van der Waals surface area contributed by atoms with Gasteiger partial charge in [0.05, 0.1) is 0 Å². The van der Waals surface area contributed by atoms with Gasteiger partial charge in [0, 0.05) is 4.83 Å². The standard InChI is InChI=1S/C4H4Br2Cl4/c1-2(5)3(6,7)4(8,9)10/h2H,1H3. The van der Waals surface area contributed by atoms with E-state index in [1.165, 1.54) is 0 Å². The van der Waals surface area contributed by atoms with E-state index in [9.17, 15) is 0 Å². The van der Waals surface area contributed by atoms with Crippen molar-refractivity contribution in [2.75, 3.05) is 0 Å². The van der Waals surface area contributed by atoms with E-state index in [1.807, 2.05) is 0 Å². The van der Waals surface area contributed by atoms with Gasteiger partial charge in [0.2, 0.25) is 3.79 Å². The van der Waals surface area contributed by atoms with Crippen LogP contribution in [0.15, 0.2) is 0 Å². The molecule has 0 aromatic heterocycles. The van der Waals surface area contributed by atoms with Gasteiger partial charge in [0.15, 0.2) is 3.78 Å². The summed E-state index contributed by atoms with van der Waals surface area (Å²) in [6, 6.07) is 0. The summed E-state index contributed by atoms with van der Waals surface area (Å²) in [5, 5.41) is 0. The van der Waals surface area contributed by atoms with E-state index in [0.717, 1.165) is 0 Å². The van der Waals surface area contributed by atoms with Gasteiger partial charge in [-0.15, -0.1) is 11.6 Å². The van der Waals surface area contributed by atoms with Crippen LogP contribution >= 0.6 is 78.3 Å². The summed E-state index contributed by atoms with van der Waals surface area (Å²) in [5.74, 6) is 0. The Morgan fingerprint density at radius 3 is 1.50 bits per heavy atom. The van der Waals surface area contributed by atoms with E-state index in [1.54, 1.807) is 6.92 Å². The Labute approximate surface area is 96.8 Å². The molecule has 0 aliphatic heterocycles. The molecule has 0 amide bonds. The highest BCUT2D eigenvalue weighted by Crippen LogP contribution is 2.51. The van der Waals surface area contributed by atoms with Gasteiger partial charge < -0.3 is 0 Å². The molecule has 2 atom stereocenters. The number of hydrogen-bond acceptors (Lipinski definition) is 0. The monoisotopic (exact) mass is 350 g/mol. The normalized spacial score (nSPS) is 21.9. The van der Waals surface area contributed by atoms with Crippen molar-refractivity contribution >= 4 is 78.3 Å². The van der Waals surface area contributed by atoms with Crippen molar-refractivity contribution < 1.29 is 0 Å². The molecule has 0 saturated heterocycles. The van der Waals surface area contributed by atoms with E-state index in [0.29, 0.717) is 0 Å². The molecule has 0 nitrogen and oxygen atoms in total. The Morgan fingerprint density at radius 1 is 1.20 bits per heavy atom. The summed E-state index contributed by atoms with van der Waals surface area (Å²) in [5.41, 5.74) is 0. The van der Waals surface area contributed by atoms with Crippen LogP contribution in [-0.4, -0.2) is 12.4 Å².